The Balaban J connectivity index is 0.000000807. The largest absolute Gasteiger partial charge is 0.822 e. The topological polar surface area (TPSA) is 97.9 Å². The zero-order chi connectivity index (χ0) is 43.2. The first-order valence-electron chi connectivity index (χ1n) is 24.3. The van der Waals surface area contributed by atoms with Crippen molar-refractivity contribution in [3.63, 3.8) is 0 Å². The molecule has 3 aromatic heterocycles. The summed E-state index contributed by atoms with van der Waals surface area (Å²) in [5.41, 5.74) is 0. The molecule has 0 spiro atoms. The maximum Gasteiger partial charge on any atom is 0.168 e. The normalized spacial score (nSPS) is 10.8. The lowest BCUT2D eigenvalue weighted by molar-refractivity contribution is -0.697. The van der Waals surface area contributed by atoms with Crippen LogP contribution in [0.5, 0.6) is 0 Å². The van der Waals surface area contributed by atoms with Crippen molar-refractivity contribution >= 4 is 7.82 Å². The summed E-state index contributed by atoms with van der Waals surface area (Å²) in [6, 6.07) is 18.9. The molecule has 0 aromatic carbocycles. The molecule has 338 valence electrons. The second-order valence-electron chi connectivity index (χ2n) is 16.3. The van der Waals surface area contributed by atoms with Crippen LogP contribution in [-0.4, -0.2) is 0 Å². The molecule has 3 heterocycles. The van der Waals surface area contributed by atoms with E-state index in [-0.39, 0.29) is 0 Å². The number of pyridine rings is 3. The van der Waals surface area contributed by atoms with E-state index in [0.717, 1.165) is 0 Å². The van der Waals surface area contributed by atoms with Gasteiger partial charge in [-0.3, -0.25) is 0 Å². The SMILES string of the molecule is CCCCCCCCCCCC[n+]1ccccc1.CCCCCCCCCCCC[n+]1ccccc1.CCCCCCCCCCCC[n+]1ccccc1.O=P([O-])([O-])[O-]. The van der Waals surface area contributed by atoms with Crippen LogP contribution >= 0.6 is 7.82 Å². The Morgan fingerprint density at radius 3 is 0.610 bits per heavy atom. The van der Waals surface area contributed by atoms with E-state index in [0.29, 0.717) is 0 Å². The Labute approximate surface area is 364 Å². The summed E-state index contributed by atoms with van der Waals surface area (Å²) in [6.45, 7) is 10.4. The van der Waals surface area contributed by atoms with Crippen LogP contribution < -0.4 is 28.4 Å². The van der Waals surface area contributed by atoms with Gasteiger partial charge in [-0.2, -0.15) is 7.82 Å². The van der Waals surface area contributed by atoms with Gasteiger partial charge in [0.15, 0.2) is 37.2 Å². The van der Waals surface area contributed by atoms with E-state index in [9.17, 15) is 0 Å². The summed E-state index contributed by atoms with van der Waals surface area (Å²) < 4.78 is 15.4. The van der Waals surface area contributed by atoms with Crippen molar-refractivity contribution in [3.8, 4) is 0 Å². The second-order valence-corrected chi connectivity index (χ2v) is 17.2. The summed E-state index contributed by atoms with van der Waals surface area (Å²) in [5.74, 6) is 0. The fraction of sp³-hybridized carbons (Fsp3) is 0.706. The third-order valence-corrected chi connectivity index (χ3v) is 10.6. The Bertz CT molecular complexity index is 1110. The molecule has 0 aliphatic heterocycles. The van der Waals surface area contributed by atoms with E-state index in [1.807, 2.05) is 0 Å². The van der Waals surface area contributed by atoms with Gasteiger partial charge in [-0.05, 0) is 19.3 Å². The highest BCUT2D eigenvalue weighted by atomic mass is 31.2. The molecule has 0 N–H and O–H groups in total. The molecule has 3 aromatic rings. The average Bonchev–Trinajstić information content (AvgIpc) is 3.24. The number of unbranched alkanes of at least 4 members (excludes halogenated alkanes) is 27. The monoisotopic (exact) mass is 840 g/mol. The Morgan fingerprint density at radius 2 is 0.441 bits per heavy atom. The molecule has 0 amide bonds. The molecule has 59 heavy (non-hydrogen) atoms. The predicted molar refractivity (Wildman–Crippen MR) is 243 cm³/mol. The lowest BCUT2D eigenvalue weighted by Gasteiger charge is -2.36. The van der Waals surface area contributed by atoms with E-state index in [1.54, 1.807) is 0 Å². The molecule has 7 nitrogen and oxygen atoms in total. The van der Waals surface area contributed by atoms with E-state index in [1.165, 1.54) is 212 Å². The minimum atomic E-state index is -5.39. The number of hydrogen-bond donors (Lipinski definition) is 0. The van der Waals surface area contributed by atoms with Gasteiger partial charge in [-0.15, -0.1) is 0 Å². The molecule has 0 atom stereocenters. The van der Waals surface area contributed by atoms with Crippen molar-refractivity contribution in [1.29, 1.82) is 0 Å². The van der Waals surface area contributed by atoms with Gasteiger partial charge in [0.2, 0.25) is 0 Å². The van der Waals surface area contributed by atoms with Crippen molar-refractivity contribution in [1.82, 2.24) is 0 Å². The third-order valence-electron chi connectivity index (χ3n) is 10.6. The van der Waals surface area contributed by atoms with Crippen molar-refractivity contribution in [2.24, 2.45) is 0 Å². The molecule has 0 unspecified atom stereocenters. The van der Waals surface area contributed by atoms with Gasteiger partial charge >= 0.3 is 0 Å². The molecule has 8 heteroatoms. The summed E-state index contributed by atoms with van der Waals surface area (Å²) in [4.78, 5) is 25.6. The van der Waals surface area contributed by atoms with Gasteiger partial charge in [0.05, 0.1) is 0 Å². The smallest absolute Gasteiger partial charge is 0.168 e. The van der Waals surface area contributed by atoms with Gasteiger partial charge in [-0.25, -0.2) is 13.7 Å². The number of rotatable bonds is 33. The van der Waals surface area contributed by atoms with Crippen LogP contribution in [0, 0.1) is 0 Å². The zero-order valence-electron chi connectivity index (χ0n) is 38.4. The summed E-state index contributed by atoms with van der Waals surface area (Å²) in [6.07, 6.45) is 55.4. The van der Waals surface area contributed by atoms with Crippen molar-refractivity contribution < 1.29 is 32.9 Å². The van der Waals surface area contributed by atoms with Gasteiger partial charge in [0.25, 0.3) is 0 Å². The first kappa shape index (κ1) is 56.6. The zero-order valence-corrected chi connectivity index (χ0v) is 39.3. The number of aryl methyl sites for hydroxylation is 3. The quantitative estimate of drug-likeness (QED) is 0.0346. The standard InChI is InChI=1S/3C17H30N.H3O4P/c3*1-2-3-4-5-6-7-8-9-10-12-15-18-16-13-11-14-17-18;1-5(2,3)4/h3*11,13-14,16-17H,2-10,12,15H2,1H3;(H3,1,2,3,4)/q3*+1;/p-3. The molecule has 0 aliphatic carbocycles. The van der Waals surface area contributed by atoms with Crippen LogP contribution in [0.3, 0.4) is 0 Å². The molecule has 0 fully saturated rings. The maximum absolute atomic E-state index is 8.55. The number of nitrogens with zero attached hydrogens (tertiary/aromatic N) is 3. The number of phosphoric acid groups is 1. The van der Waals surface area contributed by atoms with Crippen molar-refractivity contribution in [2.45, 2.75) is 233 Å². The number of aromatic nitrogens is 3. The van der Waals surface area contributed by atoms with Crippen LogP contribution in [0.15, 0.2) is 91.8 Å². The first-order valence-corrected chi connectivity index (χ1v) is 25.8. The summed E-state index contributed by atoms with van der Waals surface area (Å²) in [5, 5.41) is 0. The average molecular weight is 840 g/mol. The van der Waals surface area contributed by atoms with E-state index >= 15 is 0 Å². The van der Waals surface area contributed by atoms with Crippen LogP contribution in [0.4, 0.5) is 0 Å². The minimum absolute atomic E-state index is 1.18. The molecule has 0 saturated carbocycles. The molecule has 0 saturated heterocycles. The molecular weight excluding hydrogens is 750 g/mol. The Morgan fingerprint density at radius 1 is 0.288 bits per heavy atom. The number of hydrogen-bond acceptors (Lipinski definition) is 4. The Kier molecular flexibility index (Phi) is 43.2. The van der Waals surface area contributed by atoms with Crippen molar-refractivity contribution in [3.05, 3.63) is 91.8 Å². The summed E-state index contributed by atoms with van der Waals surface area (Å²) >= 11 is 0. The Hall–Kier alpha value is -2.44. The highest BCUT2D eigenvalue weighted by Crippen LogP contribution is 2.12. The predicted octanol–water partition coefficient (Wildman–Crippen LogP) is 11.9. The van der Waals surface area contributed by atoms with E-state index in [4.69, 9.17) is 19.2 Å². The maximum atomic E-state index is 8.55. The molecule has 0 bridgehead atoms. The molecular formula is C51H90N3O4P. The van der Waals surface area contributed by atoms with Gasteiger partial charge < -0.3 is 19.2 Å². The van der Waals surface area contributed by atoms with Crippen LogP contribution in [0.1, 0.15) is 213 Å². The third kappa shape index (κ3) is 48.1. The second kappa shape index (κ2) is 45.1. The first-order chi connectivity index (χ1) is 28.8. The van der Waals surface area contributed by atoms with Crippen molar-refractivity contribution in [2.75, 3.05) is 0 Å². The lowest BCUT2D eigenvalue weighted by Crippen LogP contribution is -2.32. The lowest BCUT2D eigenvalue weighted by atomic mass is 10.1. The molecule has 0 aliphatic rings. The fourth-order valence-corrected chi connectivity index (χ4v) is 7.10. The summed E-state index contributed by atoms with van der Waals surface area (Å²) in [7, 11) is -5.39. The minimum Gasteiger partial charge on any atom is -0.822 e. The van der Waals surface area contributed by atoms with Crippen LogP contribution in [-0.2, 0) is 24.2 Å². The van der Waals surface area contributed by atoms with E-state index in [2.05, 4.69) is 126 Å². The molecule has 0 radical (unpaired) electrons. The highest BCUT2D eigenvalue weighted by molar-refractivity contribution is 7.40. The van der Waals surface area contributed by atoms with Gasteiger partial charge in [0.1, 0.15) is 19.6 Å². The van der Waals surface area contributed by atoms with E-state index < -0.39 is 7.82 Å². The fourth-order valence-electron chi connectivity index (χ4n) is 7.10. The molecule has 3 rings (SSSR count). The van der Waals surface area contributed by atoms with Gasteiger partial charge in [0, 0.05) is 55.7 Å². The highest BCUT2D eigenvalue weighted by Gasteiger charge is 2.00. The van der Waals surface area contributed by atoms with Crippen LogP contribution in [0.2, 0.25) is 0 Å². The van der Waals surface area contributed by atoms with Gasteiger partial charge in [-0.1, -0.05) is 193 Å². The van der Waals surface area contributed by atoms with Crippen LogP contribution in [0.25, 0.3) is 0 Å².